The average molecular weight is 376 g/mol. The van der Waals surface area contributed by atoms with Gasteiger partial charge in [0.1, 0.15) is 17.0 Å². The topological polar surface area (TPSA) is 117 Å². The van der Waals surface area contributed by atoms with Crippen LogP contribution in [-0.4, -0.2) is 38.5 Å². The summed E-state index contributed by atoms with van der Waals surface area (Å²) in [5.41, 5.74) is 0.900. The minimum absolute atomic E-state index is 0.0125. The molecule has 0 radical (unpaired) electrons. The van der Waals surface area contributed by atoms with Crippen LogP contribution in [0.25, 0.3) is 21.8 Å². The normalized spacial score (nSPS) is 10.9. The van der Waals surface area contributed by atoms with Crippen LogP contribution in [0.2, 0.25) is 0 Å². The number of rotatable bonds is 5. The summed E-state index contributed by atoms with van der Waals surface area (Å²) >= 11 is 0. The van der Waals surface area contributed by atoms with Crippen LogP contribution >= 0.6 is 0 Å². The molecular weight excluding hydrogens is 360 g/mol. The van der Waals surface area contributed by atoms with E-state index in [-0.39, 0.29) is 22.7 Å². The molecule has 140 valence electrons. The fourth-order valence-corrected chi connectivity index (χ4v) is 2.94. The molecule has 0 unspecified atom stereocenters. The molecule has 0 aliphatic carbocycles. The summed E-state index contributed by atoms with van der Waals surface area (Å²) in [5.74, 6) is -1.05. The molecule has 8 nitrogen and oxygen atoms in total. The molecule has 1 amide bonds. The monoisotopic (exact) mass is 376 g/mol. The summed E-state index contributed by atoms with van der Waals surface area (Å²) in [6.07, 6.45) is 1.62. The minimum Gasteiger partial charge on any atom is -0.494 e. The van der Waals surface area contributed by atoms with Gasteiger partial charge in [-0.3, -0.25) is 15.1 Å². The van der Waals surface area contributed by atoms with Crippen LogP contribution in [0.4, 0.5) is 5.95 Å². The second kappa shape index (κ2) is 6.99. The molecule has 2 aromatic heterocycles. The Morgan fingerprint density at radius 2 is 1.96 bits per heavy atom. The number of fused-ring (bicyclic) bond motifs is 2. The molecule has 8 heteroatoms. The van der Waals surface area contributed by atoms with E-state index in [2.05, 4.69) is 20.3 Å². The van der Waals surface area contributed by atoms with Crippen molar-refractivity contribution in [2.75, 3.05) is 11.9 Å². The van der Waals surface area contributed by atoms with Gasteiger partial charge < -0.3 is 14.8 Å². The fourth-order valence-electron chi connectivity index (χ4n) is 2.94. The summed E-state index contributed by atoms with van der Waals surface area (Å²) in [6.45, 7) is 2.20. The predicted molar refractivity (Wildman–Crippen MR) is 104 cm³/mol. The van der Waals surface area contributed by atoms with Gasteiger partial charge in [0.15, 0.2) is 0 Å². The van der Waals surface area contributed by atoms with Gasteiger partial charge in [-0.05, 0) is 24.4 Å². The Hall–Kier alpha value is -3.94. The number of nitrogens with zero attached hydrogens (tertiary/aromatic N) is 2. The summed E-state index contributed by atoms with van der Waals surface area (Å²) in [5, 5.41) is 13.9. The molecule has 28 heavy (non-hydrogen) atoms. The van der Waals surface area contributed by atoms with Crippen molar-refractivity contribution in [3.8, 4) is 5.75 Å². The summed E-state index contributed by atoms with van der Waals surface area (Å²) in [6, 6.07) is 12.3. The molecular formula is C20H16N4O4. The third-order valence-corrected chi connectivity index (χ3v) is 4.20. The third-order valence-electron chi connectivity index (χ3n) is 4.20. The highest BCUT2D eigenvalue weighted by atomic mass is 16.5. The number of benzene rings is 2. The molecule has 0 spiro atoms. The molecule has 2 heterocycles. The highest BCUT2D eigenvalue weighted by Crippen LogP contribution is 2.26. The number of carboxylic acid groups (broad SMARTS) is 1. The lowest BCUT2D eigenvalue weighted by molar-refractivity contribution is 0.0698. The number of anilines is 1. The van der Waals surface area contributed by atoms with E-state index in [1.165, 1.54) is 6.07 Å². The number of amides is 1. The van der Waals surface area contributed by atoms with E-state index in [0.29, 0.717) is 17.9 Å². The number of nitrogens with one attached hydrogen (secondary N) is 2. The first-order chi connectivity index (χ1) is 13.5. The van der Waals surface area contributed by atoms with Crippen LogP contribution in [0.3, 0.4) is 0 Å². The summed E-state index contributed by atoms with van der Waals surface area (Å²) in [7, 11) is 0. The van der Waals surface area contributed by atoms with Crippen molar-refractivity contribution in [1.82, 2.24) is 15.0 Å². The Kier molecular flexibility index (Phi) is 4.36. The van der Waals surface area contributed by atoms with Gasteiger partial charge in [-0.2, -0.15) is 0 Å². The van der Waals surface area contributed by atoms with Crippen LogP contribution < -0.4 is 10.1 Å². The molecule has 0 saturated heterocycles. The number of pyridine rings is 1. The number of aromatic nitrogens is 3. The van der Waals surface area contributed by atoms with Crippen LogP contribution in [0.1, 0.15) is 27.8 Å². The van der Waals surface area contributed by atoms with Crippen molar-refractivity contribution < 1.29 is 19.4 Å². The lowest BCUT2D eigenvalue weighted by atomic mass is 10.1. The smallest absolute Gasteiger partial charge is 0.338 e. The van der Waals surface area contributed by atoms with Gasteiger partial charge in [0.05, 0.1) is 17.7 Å². The number of aromatic amines is 1. The number of carboxylic acids is 1. The molecule has 2 aromatic carbocycles. The third kappa shape index (κ3) is 3.23. The Morgan fingerprint density at radius 1 is 1.18 bits per heavy atom. The largest absolute Gasteiger partial charge is 0.494 e. The number of aromatic carboxylic acids is 1. The van der Waals surface area contributed by atoms with E-state index in [4.69, 9.17) is 4.74 Å². The standard InChI is InChI=1S/C20H16N4O4/c1-2-28-13-8-14(19(26)27)17-15(9-13)22-20(23-17)24-18(25)16-7-11-5-3-4-6-12(11)10-21-16/h3-10H,2H2,1H3,(H,26,27)(H2,22,23,24,25). The lowest BCUT2D eigenvalue weighted by Gasteiger charge is -2.04. The zero-order valence-corrected chi connectivity index (χ0v) is 14.9. The first-order valence-electron chi connectivity index (χ1n) is 8.61. The number of hydrogen-bond donors (Lipinski definition) is 3. The van der Waals surface area contributed by atoms with E-state index in [9.17, 15) is 14.7 Å². The molecule has 0 fully saturated rings. The highest BCUT2D eigenvalue weighted by Gasteiger charge is 2.17. The SMILES string of the molecule is CCOc1cc(C(=O)O)c2nc(NC(=O)c3cc4ccccc4cn3)[nH]c2c1. The molecule has 4 aromatic rings. The van der Waals surface area contributed by atoms with Gasteiger partial charge in [0.25, 0.3) is 5.91 Å². The predicted octanol–water partition coefficient (Wildman–Crippen LogP) is 3.46. The number of carbonyl (C=O) groups excluding carboxylic acids is 1. The fraction of sp³-hybridized carbons (Fsp3) is 0.100. The van der Waals surface area contributed by atoms with Crippen molar-refractivity contribution in [1.29, 1.82) is 0 Å². The number of carbonyl (C=O) groups is 2. The van der Waals surface area contributed by atoms with Crippen LogP contribution in [0.15, 0.2) is 48.7 Å². The van der Waals surface area contributed by atoms with Gasteiger partial charge in [-0.25, -0.2) is 9.78 Å². The molecule has 0 atom stereocenters. The Bertz CT molecular complexity index is 1220. The molecule has 0 aliphatic rings. The van der Waals surface area contributed by atoms with E-state index in [1.54, 1.807) is 25.3 Å². The van der Waals surface area contributed by atoms with E-state index in [0.717, 1.165) is 10.8 Å². The van der Waals surface area contributed by atoms with Crippen LogP contribution in [0, 0.1) is 0 Å². The first kappa shape index (κ1) is 17.5. The maximum Gasteiger partial charge on any atom is 0.338 e. The summed E-state index contributed by atoms with van der Waals surface area (Å²) in [4.78, 5) is 35.4. The Labute approximate surface area is 159 Å². The second-order valence-electron chi connectivity index (χ2n) is 6.06. The van der Waals surface area contributed by atoms with Crippen molar-refractivity contribution in [2.24, 2.45) is 0 Å². The zero-order chi connectivity index (χ0) is 19.7. The minimum atomic E-state index is -1.13. The van der Waals surface area contributed by atoms with Gasteiger partial charge in [-0.1, -0.05) is 24.3 Å². The van der Waals surface area contributed by atoms with E-state index >= 15 is 0 Å². The number of imidazole rings is 1. The van der Waals surface area contributed by atoms with Crippen molar-refractivity contribution >= 4 is 39.6 Å². The molecule has 0 aliphatic heterocycles. The van der Waals surface area contributed by atoms with Gasteiger partial charge in [-0.15, -0.1) is 0 Å². The molecule has 0 bridgehead atoms. The maximum absolute atomic E-state index is 12.5. The van der Waals surface area contributed by atoms with E-state index < -0.39 is 11.9 Å². The summed E-state index contributed by atoms with van der Waals surface area (Å²) < 4.78 is 5.40. The Balaban J connectivity index is 1.67. The van der Waals surface area contributed by atoms with Gasteiger partial charge in [0.2, 0.25) is 5.95 Å². The Morgan fingerprint density at radius 3 is 2.71 bits per heavy atom. The lowest BCUT2D eigenvalue weighted by Crippen LogP contribution is -2.14. The maximum atomic E-state index is 12.5. The zero-order valence-electron chi connectivity index (χ0n) is 14.9. The van der Waals surface area contributed by atoms with E-state index in [1.807, 2.05) is 24.3 Å². The quantitative estimate of drug-likeness (QED) is 0.491. The van der Waals surface area contributed by atoms with Crippen LogP contribution in [-0.2, 0) is 0 Å². The molecule has 4 rings (SSSR count). The van der Waals surface area contributed by atoms with Gasteiger partial charge in [0, 0.05) is 17.6 Å². The van der Waals surface area contributed by atoms with Gasteiger partial charge >= 0.3 is 5.97 Å². The van der Waals surface area contributed by atoms with Crippen molar-refractivity contribution in [2.45, 2.75) is 6.92 Å². The van der Waals surface area contributed by atoms with Crippen LogP contribution in [0.5, 0.6) is 5.75 Å². The second-order valence-corrected chi connectivity index (χ2v) is 6.06. The molecule has 3 N–H and O–H groups in total. The highest BCUT2D eigenvalue weighted by molar-refractivity contribution is 6.06. The van der Waals surface area contributed by atoms with Crippen molar-refractivity contribution in [3.05, 3.63) is 59.9 Å². The van der Waals surface area contributed by atoms with Crippen molar-refractivity contribution in [3.63, 3.8) is 0 Å². The number of ether oxygens (including phenoxy) is 1. The first-order valence-corrected chi connectivity index (χ1v) is 8.61. The number of H-pyrrole nitrogens is 1. The molecule has 0 saturated carbocycles. The number of hydrogen-bond acceptors (Lipinski definition) is 5. The average Bonchev–Trinajstić information content (AvgIpc) is 3.09.